The van der Waals surface area contributed by atoms with Gasteiger partial charge in [-0.3, -0.25) is 14.3 Å². The number of nitrogens with one attached hydrogen (secondary N) is 2. The smallest absolute Gasteiger partial charge is 0.257 e. The fraction of sp³-hybridized carbons (Fsp3) is 0.0417. The van der Waals surface area contributed by atoms with Gasteiger partial charge in [-0.2, -0.15) is 5.10 Å². The van der Waals surface area contributed by atoms with Crippen molar-refractivity contribution in [2.45, 2.75) is 0 Å². The maximum absolute atomic E-state index is 12.5. The van der Waals surface area contributed by atoms with Gasteiger partial charge < -0.3 is 10.6 Å². The first-order valence-corrected chi connectivity index (χ1v) is 10.9. The van der Waals surface area contributed by atoms with Crippen LogP contribution in [0.3, 0.4) is 0 Å². The number of carbonyl (C=O) groups is 2. The van der Waals surface area contributed by atoms with Crippen LogP contribution in [0.1, 0.15) is 20.7 Å². The van der Waals surface area contributed by atoms with Gasteiger partial charge in [0.05, 0.1) is 15.1 Å². The van der Waals surface area contributed by atoms with E-state index < -0.39 is 0 Å². The summed E-state index contributed by atoms with van der Waals surface area (Å²) in [6.45, 7) is 0. The third-order valence-corrected chi connectivity index (χ3v) is 5.87. The lowest BCUT2D eigenvalue weighted by atomic mass is 10.1. The molecule has 8 heteroatoms. The highest BCUT2D eigenvalue weighted by Crippen LogP contribution is 2.34. The van der Waals surface area contributed by atoms with Crippen molar-refractivity contribution in [3.8, 4) is 11.3 Å². The first-order valence-electron chi connectivity index (χ1n) is 9.69. The predicted octanol–water partition coefficient (Wildman–Crippen LogP) is 6.01. The Balaban J connectivity index is 1.52. The molecule has 3 aromatic carbocycles. The Bertz CT molecular complexity index is 1290. The molecular formula is C24H18BrClN4O2. The second-order valence-corrected chi connectivity index (χ2v) is 8.17. The van der Waals surface area contributed by atoms with Gasteiger partial charge in [-0.15, -0.1) is 0 Å². The zero-order chi connectivity index (χ0) is 22.7. The molecule has 6 nitrogen and oxygen atoms in total. The number of hydrogen-bond donors (Lipinski definition) is 2. The SMILES string of the molecule is Cn1nc(-c2ccc(NC(=O)c3ccccc3Cl)cc2)c(Br)c1NC(=O)c1ccccc1. The van der Waals surface area contributed by atoms with Crippen LogP contribution in [0.2, 0.25) is 5.02 Å². The van der Waals surface area contributed by atoms with Crippen LogP contribution in [0.25, 0.3) is 11.3 Å². The zero-order valence-corrected chi connectivity index (χ0v) is 19.3. The summed E-state index contributed by atoms with van der Waals surface area (Å²) < 4.78 is 2.27. The Morgan fingerprint density at radius 1 is 0.875 bits per heavy atom. The molecule has 4 rings (SSSR count). The Hall–Kier alpha value is -3.42. The average Bonchev–Trinajstić information content (AvgIpc) is 3.08. The van der Waals surface area contributed by atoms with E-state index in [4.69, 9.17) is 11.6 Å². The molecule has 0 saturated heterocycles. The van der Waals surface area contributed by atoms with E-state index in [-0.39, 0.29) is 11.8 Å². The molecule has 0 unspecified atom stereocenters. The summed E-state index contributed by atoms with van der Waals surface area (Å²) >= 11 is 9.65. The predicted molar refractivity (Wildman–Crippen MR) is 130 cm³/mol. The lowest BCUT2D eigenvalue weighted by molar-refractivity contribution is 0.101. The van der Waals surface area contributed by atoms with E-state index in [1.807, 2.05) is 30.3 Å². The summed E-state index contributed by atoms with van der Waals surface area (Å²) in [6.07, 6.45) is 0. The Labute approximate surface area is 198 Å². The van der Waals surface area contributed by atoms with E-state index >= 15 is 0 Å². The van der Waals surface area contributed by atoms with E-state index in [9.17, 15) is 9.59 Å². The minimum absolute atomic E-state index is 0.224. The van der Waals surface area contributed by atoms with Crippen LogP contribution in [-0.4, -0.2) is 21.6 Å². The van der Waals surface area contributed by atoms with E-state index in [2.05, 4.69) is 31.7 Å². The normalized spacial score (nSPS) is 10.6. The standard InChI is InChI=1S/C24H18BrClN4O2/c1-30-22(28-23(31)16-7-3-2-4-8-16)20(25)21(29-30)15-11-13-17(14-12-15)27-24(32)18-9-5-6-10-19(18)26/h2-14H,1H3,(H,27,32)(H,28,31). The summed E-state index contributed by atoms with van der Waals surface area (Å²) in [5.41, 5.74) is 3.08. The number of rotatable bonds is 5. The molecule has 0 atom stereocenters. The minimum Gasteiger partial charge on any atom is -0.322 e. The lowest BCUT2D eigenvalue weighted by Gasteiger charge is -2.07. The second-order valence-electron chi connectivity index (χ2n) is 6.97. The number of aromatic nitrogens is 2. The molecule has 160 valence electrons. The lowest BCUT2D eigenvalue weighted by Crippen LogP contribution is -2.14. The number of carbonyl (C=O) groups excluding carboxylic acids is 2. The number of anilines is 2. The van der Waals surface area contributed by atoms with E-state index in [1.165, 1.54) is 0 Å². The maximum atomic E-state index is 12.5. The topological polar surface area (TPSA) is 76.0 Å². The van der Waals surface area contributed by atoms with Crippen molar-refractivity contribution in [3.05, 3.63) is 99.5 Å². The second kappa shape index (κ2) is 9.38. The van der Waals surface area contributed by atoms with Gasteiger partial charge in [-0.05, 0) is 52.3 Å². The Morgan fingerprint density at radius 3 is 2.22 bits per heavy atom. The van der Waals surface area contributed by atoms with Gasteiger partial charge in [-0.25, -0.2) is 0 Å². The molecule has 0 aliphatic heterocycles. The fourth-order valence-electron chi connectivity index (χ4n) is 3.14. The molecule has 32 heavy (non-hydrogen) atoms. The van der Waals surface area contributed by atoms with Gasteiger partial charge in [0.25, 0.3) is 11.8 Å². The molecule has 1 aromatic heterocycles. The van der Waals surface area contributed by atoms with Crippen LogP contribution in [0.4, 0.5) is 11.5 Å². The summed E-state index contributed by atoms with van der Waals surface area (Å²) in [5.74, 6) is 0.0386. The van der Waals surface area contributed by atoms with Crippen LogP contribution in [-0.2, 0) is 7.05 Å². The van der Waals surface area contributed by atoms with Crippen molar-refractivity contribution < 1.29 is 9.59 Å². The van der Waals surface area contributed by atoms with Crippen molar-refractivity contribution in [3.63, 3.8) is 0 Å². The number of halogens is 2. The first kappa shape index (κ1) is 21.8. The molecule has 0 aliphatic rings. The number of benzene rings is 3. The molecule has 0 radical (unpaired) electrons. The van der Waals surface area contributed by atoms with E-state index in [0.29, 0.717) is 37.8 Å². The Kier molecular flexibility index (Phi) is 6.39. The van der Waals surface area contributed by atoms with Crippen LogP contribution in [0.5, 0.6) is 0 Å². The van der Waals surface area contributed by atoms with Crippen molar-refractivity contribution >= 4 is 50.9 Å². The molecule has 0 saturated carbocycles. The molecule has 4 aromatic rings. The quantitative estimate of drug-likeness (QED) is 0.346. The highest BCUT2D eigenvalue weighted by molar-refractivity contribution is 9.10. The molecule has 0 spiro atoms. The monoisotopic (exact) mass is 508 g/mol. The number of amides is 2. The molecule has 0 aliphatic carbocycles. The molecule has 0 bridgehead atoms. The van der Waals surface area contributed by atoms with Gasteiger partial charge in [0.2, 0.25) is 0 Å². The third-order valence-electron chi connectivity index (χ3n) is 4.79. The molecule has 1 heterocycles. The van der Waals surface area contributed by atoms with Gasteiger partial charge in [0.1, 0.15) is 11.5 Å². The number of nitrogens with zero attached hydrogens (tertiary/aromatic N) is 2. The van der Waals surface area contributed by atoms with E-state index in [1.54, 1.807) is 60.3 Å². The molecular weight excluding hydrogens is 492 g/mol. The highest BCUT2D eigenvalue weighted by Gasteiger charge is 2.18. The summed E-state index contributed by atoms with van der Waals surface area (Å²) in [6, 6.07) is 23.1. The van der Waals surface area contributed by atoms with Crippen molar-refractivity contribution in [2.75, 3.05) is 10.6 Å². The fourth-order valence-corrected chi connectivity index (χ4v) is 4.03. The zero-order valence-electron chi connectivity index (χ0n) is 17.0. The largest absolute Gasteiger partial charge is 0.322 e. The summed E-state index contributed by atoms with van der Waals surface area (Å²) in [7, 11) is 1.76. The first-order chi connectivity index (χ1) is 15.4. The van der Waals surface area contributed by atoms with Gasteiger partial charge >= 0.3 is 0 Å². The Morgan fingerprint density at radius 2 is 1.53 bits per heavy atom. The van der Waals surface area contributed by atoms with Crippen LogP contribution in [0.15, 0.2) is 83.3 Å². The van der Waals surface area contributed by atoms with Gasteiger partial charge in [0, 0.05) is 23.9 Å². The third kappa shape index (κ3) is 4.59. The van der Waals surface area contributed by atoms with Crippen LogP contribution < -0.4 is 10.6 Å². The minimum atomic E-state index is -0.284. The number of aryl methyl sites for hydroxylation is 1. The highest BCUT2D eigenvalue weighted by atomic mass is 79.9. The summed E-state index contributed by atoms with van der Waals surface area (Å²) in [5, 5.41) is 10.6. The van der Waals surface area contributed by atoms with Crippen LogP contribution in [0, 0.1) is 0 Å². The average molecular weight is 510 g/mol. The summed E-state index contributed by atoms with van der Waals surface area (Å²) in [4.78, 5) is 25.0. The maximum Gasteiger partial charge on any atom is 0.257 e. The van der Waals surface area contributed by atoms with Crippen molar-refractivity contribution in [1.29, 1.82) is 0 Å². The van der Waals surface area contributed by atoms with E-state index in [0.717, 1.165) is 5.56 Å². The molecule has 0 fully saturated rings. The molecule has 2 amide bonds. The number of hydrogen-bond acceptors (Lipinski definition) is 3. The van der Waals surface area contributed by atoms with Crippen molar-refractivity contribution in [2.24, 2.45) is 7.05 Å². The van der Waals surface area contributed by atoms with Crippen LogP contribution >= 0.6 is 27.5 Å². The van der Waals surface area contributed by atoms with Crippen molar-refractivity contribution in [1.82, 2.24) is 9.78 Å². The molecule has 2 N–H and O–H groups in total. The van der Waals surface area contributed by atoms with Gasteiger partial charge in [0.15, 0.2) is 0 Å². The van der Waals surface area contributed by atoms with Gasteiger partial charge in [-0.1, -0.05) is 54.1 Å².